The van der Waals surface area contributed by atoms with E-state index in [0.29, 0.717) is 6.42 Å². The summed E-state index contributed by atoms with van der Waals surface area (Å²) in [6, 6.07) is 9.58. The van der Waals surface area contributed by atoms with Gasteiger partial charge in [0.25, 0.3) is 0 Å². The predicted octanol–water partition coefficient (Wildman–Crippen LogP) is 1.60. The Kier molecular flexibility index (Phi) is 5.35. The molecule has 2 heterocycles. The molecule has 1 fully saturated rings. The van der Waals surface area contributed by atoms with Gasteiger partial charge >= 0.3 is 0 Å². The van der Waals surface area contributed by atoms with Crippen LogP contribution in [0, 0.1) is 0 Å². The molecular weight excluding hydrogens is 318 g/mol. The summed E-state index contributed by atoms with van der Waals surface area (Å²) in [7, 11) is 3.54. The molecule has 3 atom stereocenters. The molecule has 0 radical (unpaired) electrons. The van der Waals surface area contributed by atoms with Gasteiger partial charge in [0.1, 0.15) is 11.8 Å². The van der Waals surface area contributed by atoms with Gasteiger partial charge in [-0.15, -0.1) is 0 Å². The zero-order chi connectivity index (χ0) is 17.8. The molecule has 0 bridgehead atoms. The summed E-state index contributed by atoms with van der Waals surface area (Å²) in [4.78, 5) is 12.7. The highest BCUT2D eigenvalue weighted by Crippen LogP contribution is 2.26. The number of hydrazine groups is 1. The molecular formula is C18H25N5O2. The maximum absolute atomic E-state index is 12.7. The van der Waals surface area contributed by atoms with Crippen LogP contribution in [0.4, 0.5) is 0 Å². The molecule has 3 rings (SSSR count). The van der Waals surface area contributed by atoms with E-state index in [1.807, 2.05) is 37.4 Å². The molecule has 1 saturated heterocycles. The van der Waals surface area contributed by atoms with Crippen LogP contribution in [0.15, 0.2) is 36.5 Å². The first-order chi connectivity index (χ1) is 12.1. The third-order valence-electron chi connectivity index (χ3n) is 4.66. The van der Waals surface area contributed by atoms with E-state index in [1.165, 1.54) is 0 Å². The van der Waals surface area contributed by atoms with Crippen LogP contribution < -0.4 is 20.9 Å². The van der Waals surface area contributed by atoms with Crippen molar-refractivity contribution in [2.24, 2.45) is 7.05 Å². The highest BCUT2D eigenvalue weighted by molar-refractivity contribution is 5.82. The molecule has 25 heavy (non-hydrogen) atoms. The Balaban J connectivity index is 1.63. The fourth-order valence-electron chi connectivity index (χ4n) is 3.19. The number of hydrogen-bond donors (Lipinski definition) is 3. The Labute approximate surface area is 147 Å². The van der Waals surface area contributed by atoms with Crippen molar-refractivity contribution in [1.82, 2.24) is 25.9 Å². The van der Waals surface area contributed by atoms with Crippen molar-refractivity contribution in [3.05, 3.63) is 47.8 Å². The molecule has 1 aromatic heterocycles. The summed E-state index contributed by atoms with van der Waals surface area (Å²) < 4.78 is 7.07. The molecule has 1 amide bonds. The smallest absolute Gasteiger partial charge is 0.239 e. The Morgan fingerprint density at radius 1 is 1.44 bits per heavy atom. The van der Waals surface area contributed by atoms with Gasteiger partial charge in [0.05, 0.1) is 18.8 Å². The third kappa shape index (κ3) is 3.83. The number of carbonyl (C=O) groups excluding carboxylic acids is 1. The molecule has 7 nitrogen and oxygen atoms in total. The molecule has 0 aliphatic carbocycles. The van der Waals surface area contributed by atoms with Crippen molar-refractivity contribution in [3.8, 4) is 5.75 Å². The van der Waals surface area contributed by atoms with Crippen molar-refractivity contribution < 1.29 is 9.53 Å². The second-order valence-electron chi connectivity index (χ2n) is 6.26. The number of nitrogens with one attached hydrogen (secondary N) is 3. The number of nitrogens with zero attached hydrogens (tertiary/aromatic N) is 2. The fourth-order valence-corrected chi connectivity index (χ4v) is 3.19. The molecule has 3 unspecified atom stereocenters. The lowest BCUT2D eigenvalue weighted by Crippen LogP contribution is -2.44. The molecule has 3 N–H and O–H groups in total. The largest absolute Gasteiger partial charge is 0.497 e. The minimum atomic E-state index is -0.279. The summed E-state index contributed by atoms with van der Waals surface area (Å²) in [6.45, 7) is 2.05. The van der Waals surface area contributed by atoms with E-state index in [0.717, 1.165) is 23.4 Å². The lowest BCUT2D eigenvalue weighted by Gasteiger charge is -2.19. The van der Waals surface area contributed by atoms with Crippen molar-refractivity contribution in [1.29, 1.82) is 0 Å². The zero-order valence-corrected chi connectivity index (χ0v) is 14.8. The molecule has 0 spiro atoms. The van der Waals surface area contributed by atoms with Gasteiger partial charge < -0.3 is 10.1 Å². The van der Waals surface area contributed by atoms with Gasteiger partial charge in [-0.3, -0.25) is 9.48 Å². The highest BCUT2D eigenvalue weighted by Gasteiger charge is 2.31. The van der Waals surface area contributed by atoms with Crippen molar-refractivity contribution >= 4 is 5.91 Å². The Morgan fingerprint density at radius 2 is 2.28 bits per heavy atom. The average Bonchev–Trinajstić information content (AvgIpc) is 3.29. The van der Waals surface area contributed by atoms with E-state index in [-0.39, 0.29) is 24.0 Å². The second-order valence-corrected chi connectivity index (χ2v) is 6.26. The third-order valence-corrected chi connectivity index (χ3v) is 4.66. The van der Waals surface area contributed by atoms with Crippen molar-refractivity contribution in [3.63, 3.8) is 0 Å². The minimum absolute atomic E-state index is 0.00838. The number of ether oxygens (including phenoxy) is 1. The van der Waals surface area contributed by atoms with Crippen molar-refractivity contribution in [2.45, 2.75) is 37.9 Å². The van der Waals surface area contributed by atoms with E-state index < -0.39 is 0 Å². The maximum Gasteiger partial charge on any atom is 0.239 e. The van der Waals surface area contributed by atoms with Crippen LogP contribution in [-0.2, 0) is 11.8 Å². The van der Waals surface area contributed by atoms with Gasteiger partial charge in [0.2, 0.25) is 5.91 Å². The van der Waals surface area contributed by atoms with Crippen LogP contribution in [0.25, 0.3) is 0 Å². The Morgan fingerprint density at radius 3 is 2.96 bits per heavy atom. The van der Waals surface area contributed by atoms with Crippen LogP contribution in [0.2, 0.25) is 0 Å². The Hall–Kier alpha value is -2.38. The van der Waals surface area contributed by atoms with E-state index in [4.69, 9.17) is 4.74 Å². The average molecular weight is 343 g/mol. The number of methoxy groups -OCH3 is 1. The molecule has 1 aliphatic heterocycles. The lowest BCUT2D eigenvalue weighted by molar-refractivity contribution is -0.123. The molecule has 7 heteroatoms. The number of benzene rings is 1. The summed E-state index contributed by atoms with van der Waals surface area (Å²) in [5.74, 6) is 0.806. The first kappa shape index (κ1) is 17.4. The van der Waals surface area contributed by atoms with Gasteiger partial charge in [-0.05, 0) is 36.6 Å². The van der Waals surface area contributed by atoms with Crippen LogP contribution in [0.1, 0.15) is 43.1 Å². The molecule has 134 valence electrons. The maximum atomic E-state index is 12.7. The van der Waals surface area contributed by atoms with Gasteiger partial charge in [-0.25, -0.2) is 10.9 Å². The van der Waals surface area contributed by atoms with Crippen LogP contribution in [-0.4, -0.2) is 28.8 Å². The molecule has 1 aliphatic rings. The number of hydrogen-bond acceptors (Lipinski definition) is 5. The number of rotatable bonds is 6. The standard InChI is InChI=1S/C18H25N5O2/c1-4-14(17-8-9-19-23(17)2)20-18(24)16-11-15(21-22-16)12-6-5-7-13(10-12)25-3/h5-10,14-16,21-22H,4,11H2,1-3H3,(H,20,24). The number of aromatic nitrogens is 2. The normalized spacial score (nSPS) is 21.1. The first-order valence-electron chi connectivity index (χ1n) is 8.55. The van der Waals surface area contributed by atoms with E-state index >= 15 is 0 Å². The number of carbonyl (C=O) groups is 1. The molecule has 0 saturated carbocycles. The van der Waals surface area contributed by atoms with Gasteiger partial charge in [-0.1, -0.05) is 19.1 Å². The summed E-state index contributed by atoms with van der Waals surface area (Å²) >= 11 is 0. The lowest BCUT2D eigenvalue weighted by atomic mass is 10.0. The SMILES string of the molecule is CCC(NC(=O)C1CC(c2cccc(OC)c2)NN1)c1ccnn1C. The topological polar surface area (TPSA) is 80.2 Å². The Bertz CT molecular complexity index is 730. The number of aryl methyl sites for hydroxylation is 1. The van der Waals surface area contributed by atoms with E-state index in [9.17, 15) is 4.79 Å². The van der Waals surface area contributed by atoms with Crippen molar-refractivity contribution in [2.75, 3.05) is 7.11 Å². The molecule has 1 aromatic carbocycles. The van der Waals surface area contributed by atoms with Crippen LogP contribution in [0.3, 0.4) is 0 Å². The minimum Gasteiger partial charge on any atom is -0.497 e. The summed E-state index contributed by atoms with van der Waals surface area (Å²) in [6.07, 6.45) is 3.24. The fraction of sp³-hybridized carbons (Fsp3) is 0.444. The second kappa shape index (κ2) is 7.67. The van der Waals surface area contributed by atoms with E-state index in [1.54, 1.807) is 18.0 Å². The quantitative estimate of drug-likeness (QED) is 0.742. The summed E-state index contributed by atoms with van der Waals surface area (Å²) in [5, 5.41) is 7.30. The van der Waals surface area contributed by atoms with Crippen LogP contribution in [0.5, 0.6) is 5.75 Å². The highest BCUT2D eigenvalue weighted by atomic mass is 16.5. The number of amides is 1. The van der Waals surface area contributed by atoms with Gasteiger partial charge in [0.15, 0.2) is 0 Å². The zero-order valence-electron chi connectivity index (χ0n) is 14.8. The van der Waals surface area contributed by atoms with Gasteiger partial charge in [-0.2, -0.15) is 5.10 Å². The first-order valence-corrected chi connectivity index (χ1v) is 8.55. The van der Waals surface area contributed by atoms with E-state index in [2.05, 4.69) is 28.2 Å². The van der Waals surface area contributed by atoms with Gasteiger partial charge in [0, 0.05) is 19.3 Å². The monoisotopic (exact) mass is 343 g/mol. The molecule has 2 aromatic rings. The predicted molar refractivity (Wildman–Crippen MR) is 94.8 cm³/mol. The van der Waals surface area contributed by atoms with Crippen LogP contribution >= 0.6 is 0 Å². The summed E-state index contributed by atoms with van der Waals surface area (Å²) in [5.41, 5.74) is 8.42.